The van der Waals surface area contributed by atoms with E-state index in [4.69, 9.17) is 0 Å². The Morgan fingerprint density at radius 3 is 2.65 bits per heavy atom. The van der Waals surface area contributed by atoms with Crippen LogP contribution in [0.4, 0.5) is 4.39 Å². The van der Waals surface area contributed by atoms with Crippen LogP contribution in [0.15, 0.2) is 41.8 Å². The van der Waals surface area contributed by atoms with Crippen molar-refractivity contribution in [2.75, 3.05) is 0 Å². The molecule has 0 fully saturated rings. The van der Waals surface area contributed by atoms with E-state index in [-0.39, 0.29) is 18.0 Å². The number of hydrogen-bond donors (Lipinski definition) is 0. The van der Waals surface area contributed by atoms with E-state index in [1.807, 2.05) is 18.4 Å². The molecule has 0 bridgehead atoms. The first-order valence-corrected chi connectivity index (χ1v) is 7.14. The van der Waals surface area contributed by atoms with Crippen LogP contribution in [-0.4, -0.2) is 10.8 Å². The molecule has 0 saturated heterocycles. The van der Waals surface area contributed by atoms with E-state index in [9.17, 15) is 9.18 Å². The molecule has 4 heteroatoms. The van der Waals surface area contributed by atoms with E-state index in [0.29, 0.717) is 16.3 Å². The average Bonchev–Trinajstić information content (AvgIpc) is 2.84. The number of nitrogens with zero attached hydrogens (tertiary/aromatic N) is 1. The highest BCUT2D eigenvalue weighted by atomic mass is 32.1. The third kappa shape index (κ3) is 2.34. The standard InChI is InChI=1S/C16H12FNOS/c1-10-18-11(9-20-10)8-16(19)14-6-7-15(17)13-5-3-2-4-12(13)14/h2-7,9H,8H2,1H3. The zero-order valence-electron chi connectivity index (χ0n) is 10.9. The molecule has 0 unspecified atom stereocenters. The highest BCUT2D eigenvalue weighted by Crippen LogP contribution is 2.23. The van der Waals surface area contributed by atoms with E-state index < -0.39 is 0 Å². The monoisotopic (exact) mass is 285 g/mol. The SMILES string of the molecule is Cc1nc(CC(=O)c2ccc(F)c3ccccc23)cs1. The zero-order chi connectivity index (χ0) is 14.1. The lowest BCUT2D eigenvalue weighted by Crippen LogP contribution is -2.05. The summed E-state index contributed by atoms with van der Waals surface area (Å²) in [6.07, 6.45) is 0.250. The van der Waals surface area contributed by atoms with Crippen molar-refractivity contribution in [2.45, 2.75) is 13.3 Å². The number of thiazole rings is 1. The van der Waals surface area contributed by atoms with E-state index in [1.165, 1.54) is 17.4 Å². The van der Waals surface area contributed by atoms with Crippen LogP contribution >= 0.6 is 11.3 Å². The summed E-state index contributed by atoms with van der Waals surface area (Å²) >= 11 is 1.52. The van der Waals surface area contributed by atoms with Gasteiger partial charge in [0.2, 0.25) is 0 Å². The van der Waals surface area contributed by atoms with Gasteiger partial charge in [-0.1, -0.05) is 24.3 Å². The largest absolute Gasteiger partial charge is 0.294 e. The van der Waals surface area contributed by atoms with Crippen molar-refractivity contribution in [3.8, 4) is 0 Å². The Kier molecular flexibility index (Phi) is 3.32. The smallest absolute Gasteiger partial charge is 0.169 e. The predicted molar refractivity (Wildman–Crippen MR) is 78.8 cm³/mol. The second-order valence-electron chi connectivity index (χ2n) is 4.60. The number of carbonyl (C=O) groups is 1. The molecule has 0 spiro atoms. The van der Waals surface area contributed by atoms with Gasteiger partial charge < -0.3 is 0 Å². The van der Waals surface area contributed by atoms with Gasteiger partial charge in [0.1, 0.15) is 5.82 Å². The van der Waals surface area contributed by atoms with Crippen LogP contribution in [0.2, 0.25) is 0 Å². The van der Waals surface area contributed by atoms with Crippen LogP contribution < -0.4 is 0 Å². The first-order chi connectivity index (χ1) is 9.65. The fourth-order valence-corrected chi connectivity index (χ4v) is 2.87. The van der Waals surface area contributed by atoms with Gasteiger partial charge in [0, 0.05) is 16.3 Å². The van der Waals surface area contributed by atoms with Gasteiger partial charge in [0.05, 0.1) is 17.1 Å². The quantitative estimate of drug-likeness (QED) is 0.676. The molecule has 1 aromatic heterocycles. The molecule has 0 aliphatic heterocycles. The average molecular weight is 285 g/mol. The van der Waals surface area contributed by atoms with E-state index in [2.05, 4.69) is 4.98 Å². The van der Waals surface area contributed by atoms with Crippen LogP contribution in [-0.2, 0) is 6.42 Å². The topological polar surface area (TPSA) is 30.0 Å². The number of ketones is 1. The van der Waals surface area contributed by atoms with E-state index in [0.717, 1.165) is 10.7 Å². The Morgan fingerprint density at radius 2 is 1.95 bits per heavy atom. The lowest BCUT2D eigenvalue weighted by molar-refractivity contribution is 0.0993. The van der Waals surface area contributed by atoms with Crippen molar-refractivity contribution in [3.05, 3.63) is 63.9 Å². The normalized spacial score (nSPS) is 10.9. The summed E-state index contributed by atoms with van der Waals surface area (Å²) in [5.74, 6) is -0.340. The number of fused-ring (bicyclic) bond motifs is 1. The van der Waals surface area contributed by atoms with Crippen LogP contribution in [0.3, 0.4) is 0 Å². The lowest BCUT2D eigenvalue weighted by atomic mass is 9.99. The summed E-state index contributed by atoms with van der Waals surface area (Å²) < 4.78 is 13.7. The molecule has 20 heavy (non-hydrogen) atoms. The maximum Gasteiger partial charge on any atom is 0.169 e. The van der Waals surface area contributed by atoms with Gasteiger partial charge >= 0.3 is 0 Å². The van der Waals surface area contributed by atoms with Crippen molar-refractivity contribution >= 4 is 27.9 Å². The number of benzene rings is 2. The molecule has 0 N–H and O–H groups in total. The van der Waals surface area contributed by atoms with Gasteiger partial charge in [-0.3, -0.25) is 4.79 Å². The number of hydrogen-bond acceptors (Lipinski definition) is 3. The molecule has 2 nitrogen and oxygen atoms in total. The summed E-state index contributed by atoms with van der Waals surface area (Å²) in [4.78, 5) is 16.7. The van der Waals surface area contributed by atoms with Gasteiger partial charge in [0.15, 0.2) is 5.78 Å². The van der Waals surface area contributed by atoms with Gasteiger partial charge in [0.25, 0.3) is 0 Å². The van der Waals surface area contributed by atoms with Crippen molar-refractivity contribution in [1.82, 2.24) is 4.98 Å². The van der Waals surface area contributed by atoms with Crippen molar-refractivity contribution in [1.29, 1.82) is 0 Å². The van der Waals surface area contributed by atoms with Crippen LogP contribution in [0.25, 0.3) is 10.8 Å². The molecule has 3 rings (SSSR count). The minimum absolute atomic E-state index is 0.0356. The molecule has 3 aromatic rings. The highest BCUT2D eigenvalue weighted by molar-refractivity contribution is 7.09. The van der Waals surface area contributed by atoms with E-state index >= 15 is 0 Å². The summed E-state index contributed by atoms with van der Waals surface area (Å²) in [6.45, 7) is 1.91. The maximum absolute atomic E-state index is 13.7. The van der Waals surface area contributed by atoms with Gasteiger partial charge in [-0.15, -0.1) is 11.3 Å². The number of Topliss-reactive ketones (excluding diaryl/α,β-unsaturated/α-hetero) is 1. The minimum atomic E-state index is -0.304. The summed E-state index contributed by atoms with van der Waals surface area (Å²) in [7, 11) is 0. The molecular formula is C16H12FNOS. The summed E-state index contributed by atoms with van der Waals surface area (Å²) in [5.41, 5.74) is 1.32. The molecule has 0 aliphatic carbocycles. The van der Waals surface area contributed by atoms with Gasteiger partial charge in [-0.05, 0) is 24.4 Å². The van der Waals surface area contributed by atoms with Crippen molar-refractivity contribution < 1.29 is 9.18 Å². The van der Waals surface area contributed by atoms with Crippen LogP contribution in [0.5, 0.6) is 0 Å². The maximum atomic E-state index is 13.7. The fourth-order valence-electron chi connectivity index (χ4n) is 2.25. The molecular weight excluding hydrogens is 273 g/mol. The second-order valence-corrected chi connectivity index (χ2v) is 5.66. The second kappa shape index (κ2) is 5.13. The number of aromatic nitrogens is 1. The Hall–Kier alpha value is -2.07. The Balaban J connectivity index is 2.01. The molecule has 0 amide bonds. The molecule has 0 atom stereocenters. The first-order valence-electron chi connectivity index (χ1n) is 6.26. The summed E-state index contributed by atoms with van der Waals surface area (Å²) in [6, 6.07) is 9.95. The Bertz CT molecular complexity index is 794. The molecule has 0 saturated carbocycles. The Labute approximate surface area is 119 Å². The van der Waals surface area contributed by atoms with Crippen LogP contribution in [0, 0.1) is 12.7 Å². The van der Waals surface area contributed by atoms with Gasteiger partial charge in [-0.25, -0.2) is 9.37 Å². The highest BCUT2D eigenvalue weighted by Gasteiger charge is 2.14. The molecule has 1 heterocycles. The first kappa shape index (κ1) is 12.9. The number of aryl methyl sites for hydroxylation is 1. The number of carbonyl (C=O) groups excluding carboxylic acids is 1. The zero-order valence-corrected chi connectivity index (χ0v) is 11.7. The number of rotatable bonds is 3. The van der Waals surface area contributed by atoms with Crippen molar-refractivity contribution in [3.63, 3.8) is 0 Å². The van der Waals surface area contributed by atoms with Crippen LogP contribution in [0.1, 0.15) is 21.1 Å². The third-order valence-corrected chi connectivity index (χ3v) is 4.00. The lowest BCUT2D eigenvalue weighted by Gasteiger charge is -2.06. The van der Waals surface area contributed by atoms with Gasteiger partial charge in [-0.2, -0.15) is 0 Å². The fraction of sp³-hybridized carbons (Fsp3) is 0.125. The minimum Gasteiger partial charge on any atom is -0.294 e. The predicted octanol–water partition coefficient (Wildman–Crippen LogP) is 4.17. The Morgan fingerprint density at radius 1 is 1.20 bits per heavy atom. The number of halogens is 1. The molecule has 0 radical (unpaired) electrons. The van der Waals surface area contributed by atoms with Crippen molar-refractivity contribution in [2.24, 2.45) is 0 Å². The van der Waals surface area contributed by atoms with E-state index in [1.54, 1.807) is 24.3 Å². The molecule has 0 aliphatic rings. The molecule has 2 aromatic carbocycles. The summed E-state index contributed by atoms with van der Waals surface area (Å²) in [5, 5.41) is 3.97. The third-order valence-electron chi connectivity index (χ3n) is 3.18. The molecule has 100 valence electrons.